The summed E-state index contributed by atoms with van der Waals surface area (Å²) in [5.74, 6) is 2.04. The molecule has 1 saturated heterocycles. The van der Waals surface area contributed by atoms with E-state index >= 15 is 0 Å². The number of nitrogens with zero attached hydrogens (tertiary/aromatic N) is 3. The van der Waals surface area contributed by atoms with E-state index in [1.54, 1.807) is 16.4 Å². The van der Waals surface area contributed by atoms with Gasteiger partial charge in [-0.25, -0.2) is 12.7 Å². The summed E-state index contributed by atoms with van der Waals surface area (Å²) in [5, 5.41) is 8.36. The number of hydrogen-bond acceptors (Lipinski definition) is 7. The Bertz CT molecular complexity index is 1150. The van der Waals surface area contributed by atoms with Crippen LogP contribution in [0, 0.1) is 0 Å². The lowest BCUT2D eigenvalue weighted by molar-refractivity contribution is 0.174. The molecule has 8 nitrogen and oxygen atoms in total. The van der Waals surface area contributed by atoms with Crippen molar-refractivity contribution in [3.63, 3.8) is 0 Å². The van der Waals surface area contributed by atoms with Crippen LogP contribution in [-0.2, 0) is 15.8 Å². The Labute approximate surface area is 174 Å². The summed E-state index contributed by atoms with van der Waals surface area (Å²) in [4.78, 5) is 0. The van der Waals surface area contributed by atoms with E-state index in [2.05, 4.69) is 10.2 Å². The minimum absolute atomic E-state index is 0.00710. The zero-order valence-corrected chi connectivity index (χ0v) is 17.0. The van der Waals surface area contributed by atoms with E-state index in [0.29, 0.717) is 36.4 Å². The second kappa shape index (κ2) is 7.73. The fourth-order valence-corrected chi connectivity index (χ4v) is 5.43. The maximum Gasteiger partial charge on any atom is 0.247 e. The molecule has 1 aromatic heterocycles. The van der Waals surface area contributed by atoms with E-state index in [1.165, 1.54) is 0 Å². The number of aromatic nitrogens is 2. The summed E-state index contributed by atoms with van der Waals surface area (Å²) in [6.45, 7) is 1.05. The minimum atomic E-state index is -3.42. The lowest BCUT2D eigenvalue weighted by Crippen LogP contribution is -2.39. The lowest BCUT2D eigenvalue weighted by Gasteiger charge is -2.30. The summed E-state index contributed by atoms with van der Waals surface area (Å²) in [5.41, 5.74) is 1.52. The minimum Gasteiger partial charge on any atom is -0.454 e. The average Bonchev–Trinajstić information content (AvgIpc) is 3.43. The third kappa shape index (κ3) is 3.78. The van der Waals surface area contributed by atoms with Crippen LogP contribution in [0.15, 0.2) is 52.9 Å². The Morgan fingerprint density at radius 1 is 1.03 bits per heavy atom. The molecule has 30 heavy (non-hydrogen) atoms. The van der Waals surface area contributed by atoms with Crippen molar-refractivity contribution in [2.45, 2.75) is 24.5 Å². The van der Waals surface area contributed by atoms with E-state index in [9.17, 15) is 8.42 Å². The molecule has 0 N–H and O–H groups in total. The molecule has 2 aliphatic heterocycles. The number of benzene rings is 2. The molecule has 0 saturated carbocycles. The Hall–Kier alpha value is -2.91. The first-order chi connectivity index (χ1) is 14.6. The molecule has 1 atom stereocenters. The molecular formula is C21H21N3O5S. The number of hydrogen-bond donors (Lipinski definition) is 0. The predicted molar refractivity (Wildman–Crippen MR) is 108 cm³/mol. The van der Waals surface area contributed by atoms with Gasteiger partial charge in [0.05, 0.1) is 11.7 Å². The van der Waals surface area contributed by atoms with Gasteiger partial charge in [0.2, 0.25) is 28.6 Å². The van der Waals surface area contributed by atoms with E-state index in [1.807, 2.05) is 36.4 Å². The number of rotatable bonds is 5. The number of fused-ring (bicyclic) bond motifs is 1. The smallest absolute Gasteiger partial charge is 0.247 e. The molecule has 0 amide bonds. The van der Waals surface area contributed by atoms with Gasteiger partial charge in [-0.3, -0.25) is 0 Å². The Morgan fingerprint density at radius 2 is 1.87 bits per heavy atom. The van der Waals surface area contributed by atoms with E-state index in [-0.39, 0.29) is 18.5 Å². The molecule has 1 fully saturated rings. The van der Waals surface area contributed by atoms with Crippen LogP contribution < -0.4 is 9.47 Å². The fraction of sp³-hybridized carbons (Fsp3) is 0.333. The predicted octanol–water partition coefficient (Wildman–Crippen LogP) is 3.17. The van der Waals surface area contributed by atoms with Crippen molar-refractivity contribution in [3.8, 4) is 23.0 Å². The topological polar surface area (TPSA) is 94.8 Å². The van der Waals surface area contributed by atoms with Gasteiger partial charge >= 0.3 is 0 Å². The first kappa shape index (κ1) is 19.1. The highest BCUT2D eigenvalue weighted by Crippen LogP contribution is 2.36. The van der Waals surface area contributed by atoms with Crippen molar-refractivity contribution in [1.29, 1.82) is 0 Å². The first-order valence-corrected chi connectivity index (χ1v) is 11.4. The maximum absolute atomic E-state index is 12.9. The van der Waals surface area contributed by atoms with Crippen LogP contribution in [0.2, 0.25) is 0 Å². The molecule has 0 radical (unpaired) electrons. The molecule has 2 aromatic carbocycles. The zero-order valence-electron chi connectivity index (χ0n) is 16.2. The van der Waals surface area contributed by atoms with Crippen LogP contribution in [0.3, 0.4) is 0 Å². The molecule has 156 valence electrons. The number of ether oxygens (including phenoxy) is 2. The molecule has 3 aromatic rings. The third-order valence-electron chi connectivity index (χ3n) is 5.38. The largest absolute Gasteiger partial charge is 0.454 e. The van der Waals surface area contributed by atoms with Crippen LogP contribution in [-0.4, -0.2) is 42.8 Å². The van der Waals surface area contributed by atoms with Crippen molar-refractivity contribution in [3.05, 3.63) is 60.0 Å². The van der Waals surface area contributed by atoms with Crippen LogP contribution in [0.5, 0.6) is 11.5 Å². The Morgan fingerprint density at radius 3 is 2.73 bits per heavy atom. The quantitative estimate of drug-likeness (QED) is 0.617. The molecule has 3 heterocycles. The summed E-state index contributed by atoms with van der Waals surface area (Å²) < 4.78 is 44.0. The molecule has 0 aliphatic carbocycles. The Balaban J connectivity index is 1.32. The van der Waals surface area contributed by atoms with Crippen LogP contribution in [0.1, 0.15) is 30.2 Å². The molecule has 9 heteroatoms. The summed E-state index contributed by atoms with van der Waals surface area (Å²) in [7, 11) is -3.42. The van der Waals surface area contributed by atoms with Gasteiger partial charge in [0.15, 0.2) is 11.5 Å². The molecule has 0 bridgehead atoms. The van der Waals surface area contributed by atoms with Crippen molar-refractivity contribution in [2.75, 3.05) is 19.9 Å². The van der Waals surface area contributed by atoms with Crippen molar-refractivity contribution < 1.29 is 22.3 Å². The molecule has 5 rings (SSSR count). The van der Waals surface area contributed by atoms with Gasteiger partial charge in [-0.05, 0) is 36.6 Å². The summed E-state index contributed by atoms with van der Waals surface area (Å²) in [6.07, 6.45) is 1.56. The average molecular weight is 427 g/mol. The SMILES string of the molecule is O=S(=O)(Cc1ccccc1)N1CCCC(c2nnc(-c3ccc4c(c3)OCO4)o2)C1. The highest BCUT2D eigenvalue weighted by molar-refractivity contribution is 7.88. The van der Waals surface area contributed by atoms with E-state index < -0.39 is 10.0 Å². The number of piperidine rings is 1. The van der Waals surface area contributed by atoms with Crippen molar-refractivity contribution >= 4 is 10.0 Å². The maximum atomic E-state index is 12.9. The van der Waals surface area contributed by atoms with Gasteiger partial charge in [0.25, 0.3) is 0 Å². The second-order valence-electron chi connectivity index (χ2n) is 7.45. The molecule has 0 spiro atoms. The Kier molecular flexibility index (Phi) is 4.92. The van der Waals surface area contributed by atoms with Gasteiger partial charge in [0, 0.05) is 18.7 Å². The van der Waals surface area contributed by atoms with E-state index in [0.717, 1.165) is 24.0 Å². The van der Waals surface area contributed by atoms with Gasteiger partial charge in [-0.1, -0.05) is 30.3 Å². The monoisotopic (exact) mass is 427 g/mol. The summed E-state index contributed by atoms with van der Waals surface area (Å²) >= 11 is 0. The normalized spacial score (nSPS) is 19.1. The first-order valence-electron chi connectivity index (χ1n) is 9.84. The van der Waals surface area contributed by atoms with Gasteiger partial charge in [-0.2, -0.15) is 0 Å². The van der Waals surface area contributed by atoms with Crippen molar-refractivity contribution in [2.24, 2.45) is 0 Å². The summed E-state index contributed by atoms with van der Waals surface area (Å²) in [6, 6.07) is 14.7. The van der Waals surface area contributed by atoms with Crippen molar-refractivity contribution in [1.82, 2.24) is 14.5 Å². The van der Waals surface area contributed by atoms with Gasteiger partial charge in [0.1, 0.15) is 0 Å². The van der Waals surface area contributed by atoms with Crippen LogP contribution >= 0.6 is 0 Å². The highest BCUT2D eigenvalue weighted by Gasteiger charge is 2.32. The highest BCUT2D eigenvalue weighted by atomic mass is 32.2. The molecular weight excluding hydrogens is 406 g/mol. The molecule has 1 unspecified atom stereocenters. The third-order valence-corrected chi connectivity index (χ3v) is 7.20. The standard InChI is InChI=1S/C21H21N3O5S/c25-30(26,13-15-5-2-1-3-6-15)24-10-4-7-17(12-24)21-23-22-20(29-21)16-8-9-18-19(11-16)28-14-27-18/h1-3,5-6,8-9,11,17H,4,7,10,12-14H2. The second-order valence-corrected chi connectivity index (χ2v) is 9.42. The van der Waals surface area contributed by atoms with Crippen LogP contribution in [0.4, 0.5) is 0 Å². The lowest BCUT2D eigenvalue weighted by atomic mass is 10.00. The van der Waals surface area contributed by atoms with Gasteiger partial charge in [-0.15, -0.1) is 10.2 Å². The fourth-order valence-electron chi connectivity index (χ4n) is 3.82. The van der Waals surface area contributed by atoms with E-state index in [4.69, 9.17) is 13.9 Å². The van der Waals surface area contributed by atoms with Gasteiger partial charge < -0.3 is 13.9 Å². The molecule has 2 aliphatic rings. The van der Waals surface area contributed by atoms with Crippen LogP contribution in [0.25, 0.3) is 11.5 Å². The number of sulfonamides is 1. The zero-order chi connectivity index (χ0) is 20.6.